The van der Waals surface area contributed by atoms with E-state index in [1.54, 1.807) is 6.07 Å². The van der Waals surface area contributed by atoms with Gasteiger partial charge in [0.05, 0.1) is 30.3 Å². The molecule has 0 aliphatic carbocycles. The van der Waals surface area contributed by atoms with Crippen LogP contribution in [0.4, 0.5) is 5.69 Å². The maximum Gasteiger partial charge on any atom is 0.305 e. The number of anilines is 1. The zero-order valence-electron chi connectivity index (χ0n) is 19.6. The zero-order chi connectivity index (χ0) is 24.4. The van der Waals surface area contributed by atoms with Crippen molar-refractivity contribution in [1.82, 2.24) is 9.88 Å². The fourth-order valence-corrected chi connectivity index (χ4v) is 4.34. The van der Waals surface area contributed by atoms with Crippen LogP contribution >= 0.6 is 0 Å². The van der Waals surface area contributed by atoms with E-state index in [2.05, 4.69) is 18.8 Å². The monoisotopic (exact) mass is 459 g/mol. The number of benzene rings is 2. The molecule has 0 saturated heterocycles. The van der Waals surface area contributed by atoms with Crippen LogP contribution in [0.25, 0.3) is 17.0 Å². The number of hydrogen-bond donors (Lipinski definition) is 2. The molecule has 2 aromatic carbocycles. The van der Waals surface area contributed by atoms with Gasteiger partial charge in [0.15, 0.2) is 0 Å². The molecule has 4 rings (SSSR count). The zero-order valence-corrected chi connectivity index (χ0v) is 19.6. The summed E-state index contributed by atoms with van der Waals surface area (Å²) in [5.74, 6) is -1.58. The van der Waals surface area contributed by atoms with Gasteiger partial charge >= 0.3 is 5.97 Å². The van der Waals surface area contributed by atoms with Gasteiger partial charge in [-0.05, 0) is 42.2 Å². The van der Waals surface area contributed by atoms with Gasteiger partial charge < -0.3 is 15.0 Å². The minimum Gasteiger partial charge on any atom is -0.481 e. The molecule has 7 nitrogen and oxygen atoms in total. The first-order chi connectivity index (χ1) is 16.3. The summed E-state index contributed by atoms with van der Waals surface area (Å²) in [5, 5.41) is 10.2. The van der Waals surface area contributed by atoms with Crippen LogP contribution in [0, 0.1) is 5.92 Å². The Labute approximate surface area is 198 Å². The van der Waals surface area contributed by atoms with Gasteiger partial charge in [0, 0.05) is 23.6 Å². The number of fused-ring (bicyclic) bond motifs is 2. The molecule has 0 bridgehead atoms. The number of aromatic nitrogens is 1. The predicted molar refractivity (Wildman–Crippen MR) is 133 cm³/mol. The first kappa shape index (κ1) is 23.3. The highest BCUT2D eigenvalue weighted by molar-refractivity contribution is 6.11. The summed E-state index contributed by atoms with van der Waals surface area (Å²) in [6.45, 7) is 5.97. The van der Waals surface area contributed by atoms with Crippen LogP contribution in [0.15, 0.2) is 54.7 Å². The molecular weight excluding hydrogens is 430 g/mol. The molecular formula is C27H29N3O4. The fraction of sp³-hybridized carbons (Fsp3) is 0.296. The van der Waals surface area contributed by atoms with Crippen molar-refractivity contribution < 1.29 is 19.5 Å². The molecule has 1 aliphatic heterocycles. The topological polar surface area (TPSA) is 93.7 Å². The Bertz CT molecular complexity index is 1270. The Balaban J connectivity index is 1.80. The van der Waals surface area contributed by atoms with Crippen LogP contribution in [0.5, 0.6) is 0 Å². The van der Waals surface area contributed by atoms with Gasteiger partial charge in [-0.25, -0.2) is 0 Å². The van der Waals surface area contributed by atoms with Crippen molar-refractivity contribution in [2.24, 2.45) is 5.92 Å². The summed E-state index contributed by atoms with van der Waals surface area (Å²) >= 11 is 0. The van der Waals surface area contributed by atoms with Gasteiger partial charge in [0.25, 0.3) is 5.91 Å². The molecule has 1 unspecified atom stereocenters. The van der Waals surface area contributed by atoms with Crippen molar-refractivity contribution in [2.75, 3.05) is 18.0 Å². The van der Waals surface area contributed by atoms with E-state index in [1.807, 2.05) is 66.6 Å². The summed E-state index contributed by atoms with van der Waals surface area (Å²) in [7, 11) is 0. The first-order valence-electron chi connectivity index (χ1n) is 11.5. The van der Waals surface area contributed by atoms with E-state index in [1.165, 1.54) is 0 Å². The normalized spacial score (nSPS) is 15.3. The number of amides is 2. The molecule has 2 N–H and O–H groups in total. The second-order valence-electron chi connectivity index (χ2n) is 8.97. The number of allylic oxidation sites excluding steroid dienone is 1. The second kappa shape index (κ2) is 9.55. The molecule has 0 spiro atoms. The van der Waals surface area contributed by atoms with Gasteiger partial charge in [-0.1, -0.05) is 50.3 Å². The molecule has 176 valence electrons. The lowest BCUT2D eigenvalue weighted by molar-refractivity contribution is -0.137. The van der Waals surface area contributed by atoms with Crippen molar-refractivity contribution in [3.8, 4) is 0 Å². The van der Waals surface area contributed by atoms with Crippen LogP contribution in [-0.2, 0) is 9.59 Å². The highest BCUT2D eigenvalue weighted by Gasteiger charge is 2.35. The second-order valence-corrected chi connectivity index (χ2v) is 8.97. The summed E-state index contributed by atoms with van der Waals surface area (Å²) in [6, 6.07) is 13.4. The minimum absolute atomic E-state index is 0.0276. The highest BCUT2D eigenvalue weighted by Crippen LogP contribution is 2.36. The van der Waals surface area contributed by atoms with E-state index in [4.69, 9.17) is 5.11 Å². The molecule has 34 heavy (non-hydrogen) atoms. The van der Waals surface area contributed by atoms with Gasteiger partial charge in [-0.2, -0.15) is 0 Å². The third-order valence-electron chi connectivity index (χ3n) is 6.17. The molecule has 1 aromatic heterocycles. The highest BCUT2D eigenvalue weighted by atomic mass is 16.4. The summed E-state index contributed by atoms with van der Waals surface area (Å²) in [6.07, 6.45) is 5.65. The maximum atomic E-state index is 13.5. The van der Waals surface area contributed by atoms with E-state index >= 15 is 0 Å². The van der Waals surface area contributed by atoms with Gasteiger partial charge in [0.1, 0.15) is 0 Å². The Morgan fingerprint density at radius 2 is 1.91 bits per heavy atom. The van der Waals surface area contributed by atoms with Crippen LogP contribution in [0.1, 0.15) is 54.7 Å². The number of aromatic amines is 1. The third kappa shape index (κ3) is 4.59. The Morgan fingerprint density at radius 1 is 1.15 bits per heavy atom. The number of carboxylic acid groups (broad SMARTS) is 1. The van der Waals surface area contributed by atoms with Crippen LogP contribution in [0.3, 0.4) is 0 Å². The lowest BCUT2D eigenvalue weighted by Gasteiger charge is -2.30. The molecule has 0 radical (unpaired) electrons. The van der Waals surface area contributed by atoms with Crippen molar-refractivity contribution in [1.29, 1.82) is 0 Å². The summed E-state index contributed by atoms with van der Waals surface area (Å²) < 4.78 is 0. The standard InChI is InChI=1S/C27H29N3O4/c1-17(2)8-9-19-10-11-24-21(14-19)27(34)29(13-12-26(32)33)25(31)16-30(24)18(3)22-15-28-23-7-5-4-6-20(22)23/h4-11,14-15,17-18,28H,12-13,16H2,1-3H3,(H,32,33). The number of para-hydroxylation sites is 1. The number of carbonyl (C=O) groups excluding carboxylic acids is 2. The number of rotatable bonds is 7. The summed E-state index contributed by atoms with van der Waals surface area (Å²) in [5.41, 5.74) is 3.93. The number of H-pyrrole nitrogens is 1. The number of nitrogens with one attached hydrogen (secondary N) is 1. The van der Waals surface area contributed by atoms with Crippen molar-refractivity contribution in [3.05, 3.63) is 71.4 Å². The van der Waals surface area contributed by atoms with Gasteiger partial charge in [-0.15, -0.1) is 0 Å². The first-order valence-corrected chi connectivity index (χ1v) is 11.5. The van der Waals surface area contributed by atoms with Gasteiger partial charge in [0.2, 0.25) is 5.91 Å². The predicted octanol–water partition coefficient (Wildman–Crippen LogP) is 4.86. The molecule has 1 aliphatic rings. The lowest BCUT2D eigenvalue weighted by atomic mass is 10.0. The molecule has 0 fully saturated rings. The smallest absolute Gasteiger partial charge is 0.305 e. The maximum absolute atomic E-state index is 13.5. The summed E-state index contributed by atoms with van der Waals surface area (Å²) in [4.78, 5) is 44.1. The Hall–Kier alpha value is -3.87. The SMILES string of the molecule is CC(C)C=Cc1ccc2c(c1)C(=O)N(CCC(=O)O)C(=O)CN2C(C)c1c[nH]c2ccccc12. The van der Waals surface area contributed by atoms with Crippen LogP contribution < -0.4 is 4.90 Å². The fourth-order valence-electron chi connectivity index (χ4n) is 4.34. The van der Waals surface area contributed by atoms with Crippen LogP contribution in [0.2, 0.25) is 0 Å². The average Bonchev–Trinajstić information content (AvgIpc) is 3.20. The van der Waals surface area contributed by atoms with E-state index in [0.717, 1.165) is 26.9 Å². The number of imide groups is 1. The largest absolute Gasteiger partial charge is 0.481 e. The molecule has 0 saturated carbocycles. The molecule has 3 aromatic rings. The molecule has 2 amide bonds. The number of carbonyl (C=O) groups is 3. The van der Waals surface area contributed by atoms with Crippen molar-refractivity contribution in [3.63, 3.8) is 0 Å². The van der Waals surface area contributed by atoms with Crippen LogP contribution in [-0.4, -0.2) is 45.9 Å². The molecule has 1 atom stereocenters. The number of carboxylic acids is 1. The van der Waals surface area contributed by atoms with E-state index < -0.39 is 17.8 Å². The van der Waals surface area contributed by atoms with E-state index in [-0.39, 0.29) is 25.6 Å². The third-order valence-corrected chi connectivity index (χ3v) is 6.17. The number of nitrogens with zero attached hydrogens (tertiary/aromatic N) is 2. The quantitative estimate of drug-likeness (QED) is 0.492. The Morgan fingerprint density at radius 3 is 2.65 bits per heavy atom. The molecule has 2 heterocycles. The number of hydrogen-bond acceptors (Lipinski definition) is 4. The lowest BCUT2D eigenvalue weighted by Crippen LogP contribution is -2.42. The van der Waals surface area contributed by atoms with Crippen molar-refractivity contribution in [2.45, 2.75) is 33.2 Å². The molecule has 7 heteroatoms. The average molecular weight is 460 g/mol. The van der Waals surface area contributed by atoms with E-state index in [0.29, 0.717) is 17.2 Å². The minimum atomic E-state index is -1.05. The van der Waals surface area contributed by atoms with Crippen molar-refractivity contribution >= 4 is 40.4 Å². The van der Waals surface area contributed by atoms with E-state index in [9.17, 15) is 14.4 Å². The number of aliphatic carboxylic acids is 1. The van der Waals surface area contributed by atoms with Gasteiger partial charge in [-0.3, -0.25) is 19.3 Å². The Kier molecular flexibility index (Phi) is 6.54.